The minimum atomic E-state index is 0.749. The Labute approximate surface area is 93.5 Å². The van der Waals surface area contributed by atoms with Crippen LogP contribution in [0.25, 0.3) is 6.08 Å². The van der Waals surface area contributed by atoms with Crippen LogP contribution in [0.4, 0.5) is 0 Å². The van der Waals surface area contributed by atoms with Gasteiger partial charge in [0, 0.05) is 25.1 Å². The molecule has 2 nitrogen and oxygen atoms in total. The summed E-state index contributed by atoms with van der Waals surface area (Å²) < 4.78 is 5.74. The number of methoxy groups -OCH3 is 1. The summed E-state index contributed by atoms with van der Waals surface area (Å²) in [4.78, 5) is 1.18. The topological polar surface area (TPSA) is 21.3 Å². The smallest absolute Gasteiger partial charge is 0.0934 e. The fourth-order valence-corrected chi connectivity index (χ4v) is 1.94. The number of hydrogen-bond acceptors (Lipinski definition) is 3. The molecule has 0 aliphatic carbocycles. The maximum atomic E-state index is 5.79. The Morgan fingerprint density at radius 1 is 1.57 bits per heavy atom. The summed E-state index contributed by atoms with van der Waals surface area (Å²) in [5.41, 5.74) is 0. The molecule has 14 heavy (non-hydrogen) atoms. The summed E-state index contributed by atoms with van der Waals surface area (Å²) in [5, 5.41) is 3.22. The third-order valence-electron chi connectivity index (χ3n) is 1.62. The predicted molar refractivity (Wildman–Crippen MR) is 63.1 cm³/mol. The molecule has 4 heteroatoms. The van der Waals surface area contributed by atoms with Crippen LogP contribution in [-0.2, 0) is 4.74 Å². The van der Waals surface area contributed by atoms with E-state index in [0.29, 0.717) is 0 Å². The second-order valence-corrected chi connectivity index (χ2v) is 4.49. The Hall–Kier alpha value is -0.350. The van der Waals surface area contributed by atoms with E-state index in [0.717, 1.165) is 24.0 Å². The Morgan fingerprint density at radius 3 is 3.07 bits per heavy atom. The molecule has 1 N–H and O–H groups in total. The summed E-state index contributed by atoms with van der Waals surface area (Å²) in [6.45, 7) is 2.49. The molecule has 0 amide bonds. The van der Waals surface area contributed by atoms with Crippen molar-refractivity contribution in [3.63, 3.8) is 0 Å². The summed E-state index contributed by atoms with van der Waals surface area (Å²) in [7, 11) is 1.70. The third-order valence-corrected chi connectivity index (χ3v) is 2.82. The molecule has 1 rings (SSSR count). The quantitative estimate of drug-likeness (QED) is 0.761. The van der Waals surface area contributed by atoms with Gasteiger partial charge in [-0.2, -0.15) is 0 Å². The van der Waals surface area contributed by atoms with Crippen molar-refractivity contribution in [3.8, 4) is 0 Å². The van der Waals surface area contributed by atoms with Crippen LogP contribution in [0.1, 0.15) is 4.88 Å². The zero-order valence-corrected chi connectivity index (χ0v) is 9.70. The van der Waals surface area contributed by atoms with Gasteiger partial charge in [-0.3, -0.25) is 0 Å². The molecule has 0 aromatic carbocycles. The van der Waals surface area contributed by atoms with Gasteiger partial charge < -0.3 is 10.1 Å². The van der Waals surface area contributed by atoms with Crippen molar-refractivity contribution < 1.29 is 4.74 Å². The SMILES string of the molecule is COCCNCC=Cc1ccc(Cl)s1. The van der Waals surface area contributed by atoms with E-state index in [9.17, 15) is 0 Å². The number of thiophene rings is 1. The second-order valence-electron chi connectivity index (χ2n) is 2.74. The van der Waals surface area contributed by atoms with Gasteiger partial charge in [-0.25, -0.2) is 0 Å². The van der Waals surface area contributed by atoms with Crippen molar-refractivity contribution in [1.29, 1.82) is 0 Å². The van der Waals surface area contributed by atoms with E-state index in [1.165, 1.54) is 4.88 Å². The van der Waals surface area contributed by atoms with Gasteiger partial charge >= 0.3 is 0 Å². The van der Waals surface area contributed by atoms with Gasteiger partial charge in [0.15, 0.2) is 0 Å². The Kier molecular flexibility index (Phi) is 5.87. The van der Waals surface area contributed by atoms with Crippen LogP contribution in [0.15, 0.2) is 18.2 Å². The molecule has 0 fully saturated rings. The van der Waals surface area contributed by atoms with Crippen molar-refractivity contribution in [1.82, 2.24) is 5.32 Å². The molecule has 78 valence electrons. The molecule has 1 aromatic rings. The highest BCUT2D eigenvalue weighted by Gasteiger charge is 1.91. The van der Waals surface area contributed by atoms with Crippen molar-refractivity contribution in [2.75, 3.05) is 26.8 Å². The molecule has 0 unspecified atom stereocenters. The number of nitrogens with one attached hydrogen (secondary N) is 1. The van der Waals surface area contributed by atoms with E-state index in [-0.39, 0.29) is 0 Å². The molecule has 0 saturated carbocycles. The number of ether oxygens (including phenoxy) is 1. The lowest BCUT2D eigenvalue weighted by molar-refractivity contribution is 0.200. The van der Waals surface area contributed by atoms with Gasteiger partial charge in [0.05, 0.1) is 10.9 Å². The molecule has 0 radical (unpaired) electrons. The average molecular weight is 232 g/mol. The third kappa shape index (κ3) is 4.77. The molecular weight excluding hydrogens is 218 g/mol. The van der Waals surface area contributed by atoms with E-state index in [2.05, 4.69) is 17.5 Å². The number of rotatable bonds is 6. The Morgan fingerprint density at radius 2 is 2.43 bits per heavy atom. The minimum absolute atomic E-state index is 0.749. The highest BCUT2D eigenvalue weighted by molar-refractivity contribution is 7.16. The normalized spacial score (nSPS) is 11.3. The molecular formula is C10H14ClNOS. The van der Waals surface area contributed by atoms with Gasteiger partial charge in [-0.1, -0.05) is 17.7 Å². The molecule has 0 bridgehead atoms. The molecule has 0 spiro atoms. The van der Waals surface area contributed by atoms with E-state index in [4.69, 9.17) is 16.3 Å². The number of hydrogen-bond donors (Lipinski definition) is 1. The lowest BCUT2D eigenvalue weighted by atomic mass is 10.4. The van der Waals surface area contributed by atoms with E-state index in [1.807, 2.05) is 12.1 Å². The maximum absolute atomic E-state index is 5.79. The standard InChI is InChI=1S/C10H14ClNOS/c1-13-8-7-12-6-2-3-9-4-5-10(11)14-9/h2-5,12H,6-8H2,1H3. The van der Waals surface area contributed by atoms with Crippen molar-refractivity contribution in [2.45, 2.75) is 0 Å². The predicted octanol–water partition coefficient (Wildman–Crippen LogP) is 2.65. The lowest BCUT2D eigenvalue weighted by Gasteiger charge is -1.98. The average Bonchev–Trinajstić information content (AvgIpc) is 2.58. The van der Waals surface area contributed by atoms with Gasteiger partial charge in [0.2, 0.25) is 0 Å². The first-order valence-electron chi connectivity index (χ1n) is 4.44. The minimum Gasteiger partial charge on any atom is -0.383 e. The van der Waals surface area contributed by atoms with Gasteiger partial charge in [-0.15, -0.1) is 11.3 Å². The zero-order valence-electron chi connectivity index (χ0n) is 8.13. The van der Waals surface area contributed by atoms with E-state index in [1.54, 1.807) is 18.4 Å². The lowest BCUT2D eigenvalue weighted by Crippen LogP contribution is -2.18. The fraction of sp³-hybridized carbons (Fsp3) is 0.400. The van der Waals surface area contributed by atoms with Crippen molar-refractivity contribution in [3.05, 3.63) is 27.4 Å². The molecule has 0 saturated heterocycles. The second kappa shape index (κ2) is 7.01. The van der Waals surface area contributed by atoms with E-state index >= 15 is 0 Å². The Balaban J connectivity index is 2.15. The summed E-state index contributed by atoms with van der Waals surface area (Å²) in [5.74, 6) is 0. The van der Waals surface area contributed by atoms with Gasteiger partial charge in [-0.05, 0) is 18.2 Å². The van der Waals surface area contributed by atoms with Crippen molar-refractivity contribution >= 4 is 29.0 Å². The first-order chi connectivity index (χ1) is 6.83. The summed E-state index contributed by atoms with van der Waals surface area (Å²) in [6.07, 6.45) is 4.15. The monoisotopic (exact) mass is 231 g/mol. The maximum Gasteiger partial charge on any atom is 0.0934 e. The van der Waals surface area contributed by atoms with Crippen LogP contribution < -0.4 is 5.32 Å². The molecule has 0 aliphatic heterocycles. The highest BCUT2D eigenvalue weighted by Crippen LogP contribution is 2.22. The largest absolute Gasteiger partial charge is 0.383 e. The van der Waals surface area contributed by atoms with Crippen LogP contribution in [0.3, 0.4) is 0 Å². The van der Waals surface area contributed by atoms with Crippen LogP contribution in [0, 0.1) is 0 Å². The first-order valence-corrected chi connectivity index (χ1v) is 5.64. The molecule has 0 aliphatic rings. The van der Waals surface area contributed by atoms with Crippen LogP contribution in [-0.4, -0.2) is 26.8 Å². The van der Waals surface area contributed by atoms with Crippen molar-refractivity contribution in [2.24, 2.45) is 0 Å². The fourth-order valence-electron chi connectivity index (χ4n) is 0.953. The molecule has 1 heterocycles. The zero-order chi connectivity index (χ0) is 10.2. The van der Waals surface area contributed by atoms with Gasteiger partial charge in [0.25, 0.3) is 0 Å². The van der Waals surface area contributed by atoms with Crippen LogP contribution in [0.5, 0.6) is 0 Å². The molecule has 0 atom stereocenters. The summed E-state index contributed by atoms with van der Waals surface area (Å²) in [6, 6.07) is 3.92. The first kappa shape index (κ1) is 11.7. The Bertz CT molecular complexity index is 285. The molecule has 1 aromatic heterocycles. The van der Waals surface area contributed by atoms with Gasteiger partial charge in [0.1, 0.15) is 0 Å². The highest BCUT2D eigenvalue weighted by atomic mass is 35.5. The summed E-state index contributed by atoms with van der Waals surface area (Å²) >= 11 is 7.38. The van der Waals surface area contributed by atoms with Crippen LogP contribution in [0.2, 0.25) is 4.34 Å². The number of halogens is 1. The van der Waals surface area contributed by atoms with E-state index < -0.39 is 0 Å². The van der Waals surface area contributed by atoms with Crippen LogP contribution >= 0.6 is 22.9 Å².